The molecule has 2 atom stereocenters. The highest BCUT2D eigenvalue weighted by atomic mass is 16.3. The van der Waals surface area contributed by atoms with E-state index in [4.69, 9.17) is 5.73 Å². The average Bonchev–Trinajstić information content (AvgIpc) is 2.28. The first-order valence-electron chi connectivity index (χ1n) is 6.17. The van der Waals surface area contributed by atoms with Gasteiger partial charge < -0.3 is 15.7 Å². The van der Waals surface area contributed by atoms with Gasteiger partial charge >= 0.3 is 0 Å². The minimum atomic E-state index is -0.597. The number of aliphatic hydroxyl groups is 1. The summed E-state index contributed by atoms with van der Waals surface area (Å²) in [5, 5.41) is 10.1. The zero-order valence-electron chi connectivity index (χ0n) is 10.6. The van der Waals surface area contributed by atoms with Gasteiger partial charge in [0.1, 0.15) is 5.82 Å². The lowest BCUT2D eigenvalue weighted by atomic mass is 9.95. The van der Waals surface area contributed by atoms with Crippen LogP contribution in [0.1, 0.15) is 38.3 Å². The Morgan fingerprint density at radius 3 is 2.82 bits per heavy atom. The Labute approximate surface area is 102 Å². The monoisotopic (exact) mass is 235 g/mol. The van der Waals surface area contributed by atoms with E-state index in [-0.39, 0.29) is 6.04 Å². The Kier molecular flexibility index (Phi) is 3.35. The summed E-state index contributed by atoms with van der Waals surface area (Å²) in [6.45, 7) is 5.44. The van der Waals surface area contributed by atoms with Gasteiger partial charge in [-0.2, -0.15) is 0 Å². The smallest absolute Gasteiger partial charge is 0.128 e. The van der Waals surface area contributed by atoms with Gasteiger partial charge in [-0.25, -0.2) is 4.98 Å². The third-order valence-corrected chi connectivity index (χ3v) is 3.30. The molecule has 1 aliphatic heterocycles. The summed E-state index contributed by atoms with van der Waals surface area (Å²) in [5.41, 5.74) is 6.23. The molecule has 0 bridgehead atoms. The predicted octanol–water partition coefficient (Wildman–Crippen LogP) is 1.45. The molecule has 3 N–H and O–H groups in total. The van der Waals surface area contributed by atoms with Crippen LogP contribution in [0.2, 0.25) is 0 Å². The van der Waals surface area contributed by atoms with Gasteiger partial charge in [-0.05, 0) is 38.3 Å². The van der Waals surface area contributed by atoms with Crippen molar-refractivity contribution in [2.75, 3.05) is 18.0 Å². The van der Waals surface area contributed by atoms with Crippen LogP contribution in [-0.2, 0) is 0 Å². The van der Waals surface area contributed by atoms with Crippen molar-refractivity contribution in [2.24, 2.45) is 5.73 Å². The fraction of sp³-hybridized carbons (Fsp3) is 0.615. The van der Waals surface area contributed by atoms with Gasteiger partial charge in [0.2, 0.25) is 0 Å². The van der Waals surface area contributed by atoms with E-state index in [2.05, 4.69) is 9.88 Å². The van der Waals surface area contributed by atoms with Crippen molar-refractivity contribution in [1.29, 1.82) is 0 Å². The second-order valence-electron chi connectivity index (χ2n) is 5.26. The summed E-state index contributed by atoms with van der Waals surface area (Å²) in [6.07, 6.45) is 3.69. The maximum Gasteiger partial charge on any atom is 0.128 e. The van der Waals surface area contributed by atoms with Crippen molar-refractivity contribution in [1.82, 2.24) is 4.98 Å². The van der Waals surface area contributed by atoms with Crippen LogP contribution < -0.4 is 10.6 Å². The minimum absolute atomic E-state index is 0.0148. The Morgan fingerprint density at radius 1 is 1.53 bits per heavy atom. The van der Waals surface area contributed by atoms with Crippen molar-refractivity contribution in [2.45, 2.75) is 38.3 Å². The minimum Gasteiger partial charge on any atom is -0.388 e. The molecule has 17 heavy (non-hydrogen) atoms. The van der Waals surface area contributed by atoms with Gasteiger partial charge in [-0.3, -0.25) is 0 Å². The molecule has 1 aliphatic rings. The molecular formula is C13H21N3O. The quantitative estimate of drug-likeness (QED) is 0.814. The first-order valence-corrected chi connectivity index (χ1v) is 6.17. The van der Waals surface area contributed by atoms with E-state index in [9.17, 15) is 5.11 Å². The Bertz CT molecular complexity index is 373. The standard InChI is InChI=1S/C13H21N3O/c1-10(14)11-4-5-12(15-8-11)16-7-3-6-13(2,17)9-16/h4-5,8,10,17H,3,6-7,9,14H2,1-2H3. The molecule has 4 heteroatoms. The summed E-state index contributed by atoms with van der Waals surface area (Å²) in [5.74, 6) is 0.925. The Morgan fingerprint density at radius 2 is 2.29 bits per heavy atom. The third kappa shape index (κ3) is 2.96. The molecule has 0 radical (unpaired) electrons. The summed E-state index contributed by atoms with van der Waals surface area (Å²) in [6, 6.07) is 4.01. The number of piperidine rings is 1. The molecule has 0 aromatic carbocycles. The predicted molar refractivity (Wildman–Crippen MR) is 68.9 cm³/mol. The number of nitrogens with two attached hydrogens (primary N) is 1. The summed E-state index contributed by atoms with van der Waals surface area (Å²) in [7, 11) is 0. The lowest BCUT2D eigenvalue weighted by Gasteiger charge is -2.37. The Hall–Kier alpha value is -1.13. The van der Waals surface area contributed by atoms with Crippen molar-refractivity contribution < 1.29 is 5.11 Å². The molecule has 0 aliphatic carbocycles. The van der Waals surface area contributed by atoms with Crippen LogP contribution in [0.3, 0.4) is 0 Å². The fourth-order valence-corrected chi connectivity index (χ4v) is 2.27. The van der Waals surface area contributed by atoms with Crippen molar-refractivity contribution in [3.63, 3.8) is 0 Å². The van der Waals surface area contributed by atoms with E-state index in [1.807, 2.05) is 32.2 Å². The highest BCUT2D eigenvalue weighted by molar-refractivity contribution is 5.40. The molecule has 1 fully saturated rings. The molecule has 2 unspecified atom stereocenters. The number of anilines is 1. The highest BCUT2D eigenvalue weighted by Gasteiger charge is 2.28. The normalized spacial score (nSPS) is 26.9. The molecule has 1 saturated heterocycles. The maximum atomic E-state index is 10.1. The summed E-state index contributed by atoms with van der Waals surface area (Å²) in [4.78, 5) is 6.56. The van der Waals surface area contributed by atoms with Gasteiger partial charge in [0.15, 0.2) is 0 Å². The van der Waals surface area contributed by atoms with E-state index in [0.29, 0.717) is 6.54 Å². The Balaban J connectivity index is 2.12. The van der Waals surface area contributed by atoms with Crippen LogP contribution in [0.4, 0.5) is 5.82 Å². The van der Waals surface area contributed by atoms with Crippen LogP contribution in [0.5, 0.6) is 0 Å². The number of hydrogen-bond donors (Lipinski definition) is 2. The number of nitrogens with zero attached hydrogens (tertiary/aromatic N) is 2. The van der Waals surface area contributed by atoms with Gasteiger partial charge in [0.25, 0.3) is 0 Å². The van der Waals surface area contributed by atoms with Gasteiger partial charge in [0, 0.05) is 25.3 Å². The van der Waals surface area contributed by atoms with Crippen LogP contribution in [0.25, 0.3) is 0 Å². The molecule has 0 spiro atoms. The van der Waals surface area contributed by atoms with Crippen molar-refractivity contribution in [3.8, 4) is 0 Å². The summed E-state index contributed by atoms with van der Waals surface area (Å²) >= 11 is 0. The van der Waals surface area contributed by atoms with E-state index < -0.39 is 5.60 Å². The average molecular weight is 235 g/mol. The molecule has 1 aromatic heterocycles. The van der Waals surface area contributed by atoms with E-state index in [1.165, 1.54) is 0 Å². The highest BCUT2D eigenvalue weighted by Crippen LogP contribution is 2.24. The van der Waals surface area contributed by atoms with Crippen LogP contribution in [-0.4, -0.2) is 28.8 Å². The van der Waals surface area contributed by atoms with E-state index in [0.717, 1.165) is 30.8 Å². The molecule has 0 saturated carbocycles. The molecule has 2 rings (SSSR count). The van der Waals surface area contributed by atoms with Crippen LogP contribution >= 0.6 is 0 Å². The fourth-order valence-electron chi connectivity index (χ4n) is 2.27. The molecule has 0 amide bonds. The van der Waals surface area contributed by atoms with Crippen LogP contribution in [0, 0.1) is 0 Å². The number of rotatable bonds is 2. The largest absolute Gasteiger partial charge is 0.388 e. The van der Waals surface area contributed by atoms with Crippen molar-refractivity contribution >= 4 is 5.82 Å². The zero-order valence-corrected chi connectivity index (χ0v) is 10.6. The molecule has 2 heterocycles. The van der Waals surface area contributed by atoms with Crippen LogP contribution in [0.15, 0.2) is 18.3 Å². The SMILES string of the molecule is CC(N)c1ccc(N2CCCC(C)(O)C2)nc1. The lowest BCUT2D eigenvalue weighted by molar-refractivity contribution is 0.0447. The number of hydrogen-bond acceptors (Lipinski definition) is 4. The molecule has 4 nitrogen and oxygen atoms in total. The number of aromatic nitrogens is 1. The second-order valence-corrected chi connectivity index (χ2v) is 5.26. The van der Waals surface area contributed by atoms with Gasteiger partial charge in [-0.1, -0.05) is 6.07 Å². The maximum absolute atomic E-state index is 10.1. The van der Waals surface area contributed by atoms with E-state index >= 15 is 0 Å². The second kappa shape index (κ2) is 4.63. The molecule has 94 valence electrons. The third-order valence-electron chi connectivity index (χ3n) is 3.30. The number of pyridine rings is 1. The first kappa shape index (κ1) is 12.3. The first-order chi connectivity index (χ1) is 7.98. The lowest BCUT2D eigenvalue weighted by Crippen LogP contribution is -2.46. The zero-order chi connectivity index (χ0) is 12.5. The van der Waals surface area contributed by atoms with Crippen molar-refractivity contribution in [3.05, 3.63) is 23.9 Å². The molecule has 1 aromatic rings. The van der Waals surface area contributed by atoms with Gasteiger partial charge in [-0.15, -0.1) is 0 Å². The molecular weight excluding hydrogens is 214 g/mol. The van der Waals surface area contributed by atoms with Gasteiger partial charge in [0.05, 0.1) is 5.60 Å². The summed E-state index contributed by atoms with van der Waals surface area (Å²) < 4.78 is 0. The number of β-amino-alcohol motifs (C(OH)–C–C–N with tert-alkyl or cyclic N) is 1. The topological polar surface area (TPSA) is 62.4 Å². The van der Waals surface area contributed by atoms with E-state index in [1.54, 1.807) is 0 Å².